The van der Waals surface area contributed by atoms with Crippen molar-refractivity contribution in [1.29, 1.82) is 0 Å². The largest absolute Gasteiger partial charge is 0.387 e. The normalized spacial score (nSPS) is 15.9. The van der Waals surface area contributed by atoms with Crippen molar-refractivity contribution in [2.75, 3.05) is 36.0 Å². The standard InChI is InChI=1S/C36H38F4N8O2/c1-34(2,3)20-31(49)30-13-11-27(22-41-30)47-17-15-46(16-18-47)26-9-5-23(6-10-26)24-7-14-32(42-21-24)36(39,40)35(4,48-33(50)43-44-45-48)28-12-8-25(37)19-29(28)38/h5-14,19,21-22,31,49H,15-18,20H2,1-4H3,(H,43,45,50)/t31?,35-/m1/s1. The number of aromatic nitrogens is 6. The number of H-pyrrole nitrogens is 1. The predicted octanol–water partition coefficient (Wildman–Crippen LogP) is 6.05. The van der Waals surface area contributed by atoms with E-state index in [1.54, 1.807) is 0 Å². The minimum atomic E-state index is -4.00. The van der Waals surface area contributed by atoms with Gasteiger partial charge in [-0.15, -0.1) is 0 Å². The van der Waals surface area contributed by atoms with E-state index in [1.807, 2.05) is 47.7 Å². The lowest BCUT2D eigenvalue weighted by Crippen LogP contribution is -2.52. The van der Waals surface area contributed by atoms with E-state index in [1.165, 1.54) is 12.3 Å². The second kappa shape index (κ2) is 13.3. The zero-order chi connectivity index (χ0) is 35.8. The minimum absolute atomic E-state index is 0.00444. The number of aliphatic hydroxyl groups is 1. The van der Waals surface area contributed by atoms with Crippen LogP contribution in [0.2, 0.25) is 0 Å². The van der Waals surface area contributed by atoms with E-state index in [4.69, 9.17) is 0 Å². The summed E-state index contributed by atoms with van der Waals surface area (Å²) in [5.41, 5.74) is -1.27. The zero-order valence-electron chi connectivity index (χ0n) is 28.1. The molecule has 0 aliphatic carbocycles. The van der Waals surface area contributed by atoms with Gasteiger partial charge in [-0.05, 0) is 71.1 Å². The Hall–Kier alpha value is -5.11. The van der Waals surface area contributed by atoms with Crippen LogP contribution in [0.4, 0.5) is 28.9 Å². The van der Waals surface area contributed by atoms with Crippen molar-refractivity contribution in [3.63, 3.8) is 0 Å². The van der Waals surface area contributed by atoms with E-state index in [0.717, 1.165) is 68.2 Å². The van der Waals surface area contributed by atoms with E-state index in [0.29, 0.717) is 28.4 Å². The molecule has 10 nitrogen and oxygen atoms in total. The first-order valence-electron chi connectivity index (χ1n) is 16.2. The molecule has 0 spiro atoms. The van der Waals surface area contributed by atoms with Crippen LogP contribution in [0.3, 0.4) is 0 Å². The number of hydrogen-bond donors (Lipinski definition) is 2. The third-order valence-electron chi connectivity index (χ3n) is 9.18. The number of benzene rings is 2. The van der Waals surface area contributed by atoms with Gasteiger partial charge in [0.2, 0.25) is 0 Å². The van der Waals surface area contributed by atoms with Gasteiger partial charge in [-0.25, -0.2) is 18.7 Å². The lowest BCUT2D eigenvalue weighted by Gasteiger charge is -2.37. The first-order chi connectivity index (χ1) is 23.7. The summed E-state index contributed by atoms with van der Waals surface area (Å²) in [5.74, 6) is -6.24. The maximum atomic E-state index is 16.4. The summed E-state index contributed by atoms with van der Waals surface area (Å²) in [6.07, 6.45) is 3.12. The van der Waals surface area contributed by atoms with Gasteiger partial charge in [0.15, 0.2) is 5.54 Å². The van der Waals surface area contributed by atoms with Crippen molar-refractivity contribution in [3.8, 4) is 11.1 Å². The molecular formula is C36H38F4N8O2. The number of halogens is 4. The summed E-state index contributed by atoms with van der Waals surface area (Å²) in [7, 11) is 0. The van der Waals surface area contributed by atoms with E-state index in [-0.39, 0.29) is 5.41 Å². The molecule has 0 saturated carbocycles. The number of nitrogens with zero attached hydrogens (tertiary/aromatic N) is 7. The number of nitrogens with one attached hydrogen (secondary N) is 1. The van der Waals surface area contributed by atoms with Crippen LogP contribution in [0.1, 0.15) is 57.2 Å². The number of rotatable bonds is 9. The van der Waals surface area contributed by atoms with Gasteiger partial charge in [0.25, 0.3) is 0 Å². The fourth-order valence-electron chi connectivity index (χ4n) is 6.34. The number of anilines is 2. The van der Waals surface area contributed by atoms with Crippen molar-refractivity contribution in [2.45, 2.75) is 51.7 Å². The number of alkyl halides is 2. The van der Waals surface area contributed by atoms with Gasteiger partial charge in [-0.2, -0.15) is 13.5 Å². The topological polar surface area (TPSA) is 116 Å². The maximum absolute atomic E-state index is 16.4. The van der Waals surface area contributed by atoms with Crippen LogP contribution in [-0.4, -0.2) is 61.5 Å². The highest BCUT2D eigenvalue weighted by Crippen LogP contribution is 2.47. The van der Waals surface area contributed by atoms with Crippen LogP contribution in [0.25, 0.3) is 11.1 Å². The van der Waals surface area contributed by atoms with Gasteiger partial charge in [-0.1, -0.05) is 45.0 Å². The Morgan fingerprint density at radius 3 is 2.00 bits per heavy atom. The Bertz CT molecular complexity index is 1990. The fourth-order valence-corrected chi connectivity index (χ4v) is 6.34. The minimum Gasteiger partial charge on any atom is -0.387 e. The zero-order valence-corrected chi connectivity index (χ0v) is 28.1. The van der Waals surface area contributed by atoms with Gasteiger partial charge in [0.1, 0.15) is 17.3 Å². The molecule has 6 rings (SSSR count). The van der Waals surface area contributed by atoms with E-state index >= 15 is 8.78 Å². The van der Waals surface area contributed by atoms with Crippen molar-refractivity contribution in [2.24, 2.45) is 5.41 Å². The van der Waals surface area contributed by atoms with Crippen LogP contribution in [-0.2, 0) is 11.5 Å². The van der Waals surface area contributed by atoms with Crippen molar-refractivity contribution in [3.05, 3.63) is 118 Å². The first-order valence-corrected chi connectivity index (χ1v) is 16.2. The average molecular weight is 691 g/mol. The molecule has 50 heavy (non-hydrogen) atoms. The summed E-state index contributed by atoms with van der Waals surface area (Å²) in [6, 6.07) is 16.3. The summed E-state index contributed by atoms with van der Waals surface area (Å²) < 4.78 is 61.7. The molecule has 262 valence electrons. The van der Waals surface area contributed by atoms with Crippen LogP contribution >= 0.6 is 0 Å². The molecule has 3 aromatic heterocycles. The molecule has 5 aromatic rings. The highest BCUT2D eigenvalue weighted by molar-refractivity contribution is 5.66. The molecular weight excluding hydrogens is 652 g/mol. The number of tetrazole rings is 1. The van der Waals surface area contributed by atoms with Gasteiger partial charge in [0, 0.05) is 55.3 Å². The highest BCUT2D eigenvalue weighted by atomic mass is 19.3. The van der Waals surface area contributed by atoms with Crippen LogP contribution in [0, 0.1) is 17.0 Å². The fraction of sp³-hybridized carbons (Fsp3) is 0.361. The van der Waals surface area contributed by atoms with Gasteiger partial charge in [0.05, 0.1) is 23.7 Å². The number of aliphatic hydroxyl groups excluding tert-OH is 1. The number of hydrogen-bond acceptors (Lipinski definition) is 8. The molecule has 2 N–H and O–H groups in total. The number of pyridine rings is 2. The molecule has 0 bridgehead atoms. The number of piperazine rings is 1. The molecule has 4 heterocycles. The molecule has 1 aliphatic rings. The molecule has 1 unspecified atom stereocenters. The summed E-state index contributed by atoms with van der Waals surface area (Å²) in [5, 5.41) is 19.3. The Morgan fingerprint density at radius 1 is 0.820 bits per heavy atom. The molecule has 14 heteroatoms. The molecule has 1 saturated heterocycles. The van der Waals surface area contributed by atoms with Gasteiger partial charge in [-0.3, -0.25) is 9.97 Å². The van der Waals surface area contributed by atoms with Gasteiger partial charge >= 0.3 is 11.6 Å². The van der Waals surface area contributed by atoms with Gasteiger partial charge < -0.3 is 14.9 Å². The summed E-state index contributed by atoms with van der Waals surface area (Å²) >= 11 is 0. The van der Waals surface area contributed by atoms with Crippen LogP contribution < -0.4 is 15.5 Å². The lowest BCUT2D eigenvalue weighted by atomic mass is 9.83. The average Bonchev–Trinajstić information content (AvgIpc) is 3.53. The van der Waals surface area contributed by atoms with Crippen molar-refractivity contribution < 1.29 is 22.7 Å². The predicted molar refractivity (Wildman–Crippen MR) is 181 cm³/mol. The molecule has 0 amide bonds. The quantitative estimate of drug-likeness (QED) is 0.180. The van der Waals surface area contributed by atoms with E-state index in [2.05, 4.69) is 51.0 Å². The third kappa shape index (κ3) is 6.71. The molecule has 1 aliphatic heterocycles. The Labute approximate surface area is 286 Å². The Balaban J connectivity index is 1.14. The second-order valence-corrected chi connectivity index (χ2v) is 13.9. The molecule has 1 fully saturated rings. The molecule has 2 aromatic carbocycles. The Morgan fingerprint density at radius 2 is 1.46 bits per heavy atom. The number of aromatic amines is 1. The molecule has 0 radical (unpaired) electrons. The molecule has 2 atom stereocenters. The lowest BCUT2D eigenvalue weighted by molar-refractivity contribution is -0.104. The van der Waals surface area contributed by atoms with Crippen LogP contribution in [0.5, 0.6) is 0 Å². The summed E-state index contributed by atoms with van der Waals surface area (Å²) in [4.78, 5) is 25.5. The smallest absolute Gasteiger partial charge is 0.362 e. The third-order valence-corrected chi connectivity index (χ3v) is 9.18. The second-order valence-electron chi connectivity index (χ2n) is 13.9. The van der Waals surface area contributed by atoms with E-state index in [9.17, 15) is 18.7 Å². The highest BCUT2D eigenvalue weighted by Gasteiger charge is 2.58. The van der Waals surface area contributed by atoms with E-state index < -0.39 is 46.1 Å². The summed E-state index contributed by atoms with van der Waals surface area (Å²) in [6.45, 7) is 10.3. The van der Waals surface area contributed by atoms with Crippen molar-refractivity contribution in [1.82, 2.24) is 30.2 Å². The Kier molecular flexibility index (Phi) is 9.25. The van der Waals surface area contributed by atoms with Crippen molar-refractivity contribution >= 4 is 11.4 Å². The first kappa shape index (κ1) is 34.7. The maximum Gasteiger partial charge on any atom is 0.362 e. The SMILES string of the molecule is CC(C)(C)CC(O)c1ccc(N2CCN(c3ccc(-c4ccc(C(F)(F)[C@@](C)(c5ccc(F)cc5F)n5nn[nH]c5=O)nc4)cc3)CC2)cn1. The van der Waals surface area contributed by atoms with Crippen LogP contribution in [0.15, 0.2) is 83.9 Å². The monoisotopic (exact) mass is 690 g/mol.